The van der Waals surface area contributed by atoms with E-state index in [1.807, 2.05) is 16.9 Å². The van der Waals surface area contributed by atoms with Gasteiger partial charge in [-0.05, 0) is 24.3 Å². The number of likely N-dealkylation sites (tertiary alicyclic amines) is 1. The van der Waals surface area contributed by atoms with E-state index in [1.54, 1.807) is 29.3 Å². The normalized spacial score (nSPS) is 14.4. The summed E-state index contributed by atoms with van der Waals surface area (Å²) < 4.78 is 20.5. The lowest BCUT2D eigenvalue weighted by molar-refractivity contribution is 0.0495. The third kappa shape index (κ3) is 3.23. The second kappa shape index (κ2) is 6.39. The van der Waals surface area contributed by atoms with E-state index >= 15 is 0 Å². The van der Waals surface area contributed by atoms with Crippen LogP contribution in [-0.4, -0.2) is 43.9 Å². The number of ether oxygens (including phenoxy) is 1. The summed E-state index contributed by atoms with van der Waals surface area (Å²) in [7, 11) is 0. The van der Waals surface area contributed by atoms with E-state index in [0.29, 0.717) is 30.2 Å². The summed E-state index contributed by atoms with van der Waals surface area (Å²) in [5.41, 5.74) is 0.994. The van der Waals surface area contributed by atoms with Crippen molar-refractivity contribution in [2.45, 2.75) is 12.6 Å². The quantitative estimate of drug-likeness (QED) is 0.770. The molecule has 0 atom stereocenters. The molecule has 7 nitrogen and oxygen atoms in total. The molecule has 2 aromatic heterocycles. The van der Waals surface area contributed by atoms with Gasteiger partial charge in [0.15, 0.2) is 5.69 Å². The number of rotatable bonds is 5. The van der Waals surface area contributed by atoms with E-state index in [1.165, 1.54) is 12.1 Å². The number of aromatic amines is 1. The Balaban J connectivity index is 1.33. The average Bonchev–Trinajstić information content (AvgIpc) is 3.23. The van der Waals surface area contributed by atoms with Crippen molar-refractivity contribution in [2.24, 2.45) is 0 Å². The van der Waals surface area contributed by atoms with Gasteiger partial charge in [0, 0.05) is 31.5 Å². The van der Waals surface area contributed by atoms with Crippen molar-refractivity contribution < 1.29 is 13.9 Å². The minimum atomic E-state index is -0.359. The Morgan fingerprint density at radius 1 is 1.32 bits per heavy atom. The second-order valence-electron chi connectivity index (χ2n) is 5.87. The van der Waals surface area contributed by atoms with Crippen LogP contribution in [0, 0.1) is 5.82 Å². The van der Waals surface area contributed by atoms with E-state index in [2.05, 4.69) is 15.3 Å². The van der Waals surface area contributed by atoms with Crippen molar-refractivity contribution in [3.8, 4) is 5.75 Å². The number of nitrogens with zero attached hydrogens (tertiary/aromatic N) is 4. The SMILES string of the molecule is O=C(c1cc(COc2cccc(F)c2)[nH]n1)N1CC(n2cccn2)C1. The number of halogens is 1. The number of carbonyl (C=O) groups excluding carboxylic acids is 1. The van der Waals surface area contributed by atoms with Crippen LogP contribution in [-0.2, 0) is 6.61 Å². The zero-order valence-corrected chi connectivity index (χ0v) is 13.3. The first-order chi connectivity index (χ1) is 12.2. The molecule has 0 aliphatic carbocycles. The van der Waals surface area contributed by atoms with E-state index in [0.717, 1.165) is 0 Å². The molecule has 1 aromatic carbocycles. The highest BCUT2D eigenvalue weighted by Crippen LogP contribution is 2.22. The average molecular weight is 341 g/mol. The molecule has 3 heterocycles. The van der Waals surface area contributed by atoms with Crippen molar-refractivity contribution in [3.63, 3.8) is 0 Å². The lowest BCUT2D eigenvalue weighted by Crippen LogP contribution is -2.50. The fraction of sp³-hybridized carbons (Fsp3) is 0.235. The van der Waals surface area contributed by atoms with Crippen LogP contribution in [0.4, 0.5) is 4.39 Å². The van der Waals surface area contributed by atoms with E-state index in [-0.39, 0.29) is 24.4 Å². The minimum absolute atomic E-state index is 0.128. The molecule has 128 valence electrons. The first-order valence-corrected chi connectivity index (χ1v) is 7.90. The zero-order valence-electron chi connectivity index (χ0n) is 13.3. The molecule has 0 saturated carbocycles. The Hall–Kier alpha value is -3.16. The molecule has 1 N–H and O–H groups in total. The van der Waals surface area contributed by atoms with Gasteiger partial charge in [0.2, 0.25) is 0 Å². The molecule has 1 saturated heterocycles. The molecule has 1 aliphatic rings. The number of aromatic nitrogens is 4. The van der Waals surface area contributed by atoms with Crippen molar-refractivity contribution in [2.75, 3.05) is 13.1 Å². The highest BCUT2D eigenvalue weighted by molar-refractivity contribution is 5.93. The van der Waals surface area contributed by atoms with Crippen molar-refractivity contribution in [1.29, 1.82) is 0 Å². The van der Waals surface area contributed by atoms with Gasteiger partial charge in [0.25, 0.3) is 5.91 Å². The van der Waals surface area contributed by atoms with Crippen LogP contribution in [0.5, 0.6) is 5.75 Å². The van der Waals surface area contributed by atoms with Crippen molar-refractivity contribution in [3.05, 3.63) is 66.0 Å². The Morgan fingerprint density at radius 3 is 2.96 bits per heavy atom. The van der Waals surface area contributed by atoms with Gasteiger partial charge in [-0.2, -0.15) is 10.2 Å². The van der Waals surface area contributed by atoms with Gasteiger partial charge >= 0.3 is 0 Å². The summed E-state index contributed by atoms with van der Waals surface area (Å²) in [6.07, 6.45) is 3.62. The highest BCUT2D eigenvalue weighted by Gasteiger charge is 2.33. The predicted octanol–water partition coefficient (Wildman–Crippen LogP) is 2.02. The van der Waals surface area contributed by atoms with Crippen LogP contribution in [0.25, 0.3) is 0 Å². The van der Waals surface area contributed by atoms with Crippen LogP contribution in [0.1, 0.15) is 22.2 Å². The van der Waals surface area contributed by atoms with E-state index < -0.39 is 0 Å². The highest BCUT2D eigenvalue weighted by atomic mass is 19.1. The van der Waals surface area contributed by atoms with E-state index in [4.69, 9.17) is 4.74 Å². The van der Waals surface area contributed by atoms with Crippen LogP contribution in [0.15, 0.2) is 48.8 Å². The van der Waals surface area contributed by atoms with Crippen LogP contribution in [0.3, 0.4) is 0 Å². The number of amides is 1. The van der Waals surface area contributed by atoms with Gasteiger partial charge in [-0.15, -0.1) is 0 Å². The summed E-state index contributed by atoms with van der Waals surface area (Å²) in [5.74, 6) is -0.0635. The third-order valence-corrected chi connectivity index (χ3v) is 4.09. The maximum atomic E-state index is 13.1. The van der Waals surface area contributed by atoms with Crippen molar-refractivity contribution >= 4 is 5.91 Å². The Bertz CT molecular complexity index is 871. The monoisotopic (exact) mass is 341 g/mol. The molecule has 0 spiro atoms. The first kappa shape index (κ1) is 15.4. The number of hydrogen-bond donors (Lipinski definition) is 1. The maximum Gasteiger partial charge on any atom is 0.274 e. The largest absolute Gasteiger partial charge is 0.487 e. The number of carbonyl (C=O) groups is 1. The molecule has 8 heteroatoms. The standard InChI is InChI=1S/C17H16FN5O2/c18-12-3-1-4-15(7-12)25-11-13-8-16(21-20-13)17(24)22-9-14(10-22)23-6-2-5-19-23/h1-8,14H,9-11H2,(H,20,21). The first-order valence-electron chi connectivity index (χ1n) is 7.90. The summed E-state index contributed by atoms with van der Waals surface area (Å²) in [5, 5.41) is 11.0. The molecule has 25 heavy (non-hydrogen) atoms. The molecule has 4 rings (SSSR count). The minimum Gasteiger partial charge on any atom is -0.487 e. The zero-order chi connectivity index (χ0) is 17.2. The molecule has 3 aromatic rings. The maximum absolute atomic E-state index is 13.1. The second-order valence-corrected chi connectivity index (χ2v) is 5.87. The number of benzene rings is 1. The third-order valence-electron chi connectivity index (χ3n) is 4.09. The van der Waals surface area contributed by atoms with Gasteiger partial charge in [0.1, 0.15) is 18.2 Å². The summed E-state index contributed by atoms with van der Waals surface area (Å²) in [6.45, 7) is 1.41. The predicted molar refractivity (Wildman–Crippen MR) is 86.5 cm³/mol. The van der Waals surface area contributed by atoms with Gasteiger partial charge in [0.05, 0.1) is 11.7 Å². The number of nitrogens with one attached hydrogen (secondary N) is 1. The smallest absolute Gasteiger partial charge is 0.274 e. The van der Waals surface area contributed by atoms with Crippen LogP contribution < -0.4 is 4.74 Å². The Labute approximate surface area is 143 Å². The van der Waals surface area contributed by atoms with Crippen molar-refractivity contribution in [1.82, 2.24) is 24.9 Å². The van der Waals surface area contributed by atoms with Gasteiger partial charge < -0.3 is 9.64 Å². The summed E-state index contributed by atoms with van der Waals surface area (Å²) >= 11 is 0. The number of hydrogen-bond acceptors (Lipinski definition) is 4. The molecule has 0 bridgehead atoms. The van der Waals surface area contributed by atoms with Crippen LogP contribution >= 0.6 is 0 Å². The van der Waals surface area contributed by atoms with Crippen LogP contribution in [0.2, 0.25) is 0 Å². The lowest BCUT2D eigenvalue weighted by Gasteiger charge is -2.38. The Kier molecular flexibility index (Phi) is 3.93. The molecule has 0 radical (unpaired) electrons. The molecule has 1 aliphatic heterocycles. The summed E-state index contributed by atoms with van der Waals surface area (Å²) in [6, 6.07) is 9.63. The fourth-order valence-corrected chi connectivity index (χ4v) is 2.71. The molecule has 1 fully saturated rings. The molecule has 1 amide bonds. The van der Waals surface area contributed by atoms with Gasteiger partial charge in [-0.25, -0.2) is 4.39 Å². The Morgan fingerprint density at radius 2 is 2.20 bits per heavy atom. The lowest BCUT2D eigenvalue weighted by atomic mass is 10.1. The molecule has 0 unspecified atom stereocenters. The van der Waals surface area contributed by atoms with E-state index in [9.17, 15) is 9.18 Å². The van der Waals surface area contributed by atoms with Gasteiger partial charge in [-0.1, -0.05) is 6.07 Å². The fourth-order valence-electron chi connectivity index (χ4n) is 2.71. The van der Waals surface area contributed by atoms with Gasteiger partial charge in [-0.3, -0.25) is 14.6 Å². The molecular formula is C17H16FN5O2. The number of H-pyrrole nitrogens is 1. The summed E-state index contributed by atoms with van der Waals surface area (Å²) in [4.78, 5) is 14.1. The topological polar surface area (TPSA) is 76.0 Å². The molecular weight excluding hydrogens is 325 g/mol.